The highest BCUT2D eigenvalue weighted by molar-refractivity contribution is 14.1. The van der Waals surface area contributed by atoms with Crippen LogP contribution in [-0.4, -0.2) is 14.6 Å². The maximum absolute atomic E-state index is 5.88. The lowest BCUT2D eigenvalue weighted by atomic mass is 10.6. The van der Waals surface area contributed by atoms with Crippen molar-refractivity contribution in [2.75, 3.05) is 0 Å². The first-order chi connectivity index (χ1) is 5.70. The summed E-state index contributed by atoms with van der Waals surface area (Å²) in [5, 5.41) is 4.70. The zero-order valence-corrected chi connectivity index (χ0v) is 10.1. The number of aromatic nitrogens is 3. The van der Waals surface area contributed by atoms with E-state index < -0.39 is 0 Å². The molecule has 0 N–H and O–H groups in total. The van der Waals surface area contributed by atoms with Crippen LogP contribution in [0.15, 0.2) is 16.9 Å². The van der Waals surface area contributed by atoms with Crippen LogP contribution >= 0.6 is 50.1 Å². The van der Waals surface area contributed by atoms with Crippen molar-refractivity contribution in [3.8, 4) is 0 Å². The summed E-state index contributed by atoms with van der Waals surface area (Å²) < 4.78 is 3.33. The molecule has 6 heteroatoms. The van der Waals surface area contributed by atoms with Crippen LogP contribution in [-0.2, 0) is 0 Å². The van der Waals surface area contributed by atoms with Gasteiger partial charge in [-0.05, 0) is 44.6 Å². The monoisotopic (exact) mass is 357 g/mol. The maximum Gasteiger partial charge on any atom is 0.171 e. The molecule has 2 aromatic rings. The predicted octanol–water partition coefficient (Wildman–Crippen LogP) is 2.75. The third-order valence-corrected chi connectivity index (χ3v) is 3.95. The summed E-state index contributed by atoms with van der Waals surface area (Å²) in [6.07, 6.45) is 1.66. The smallest absolute Gasteiger partial charge is 0.171 e. The summed E-state index contributed by atoms with van der Waals surface area (Å²) in [7, 11) is 0. The second-order valence-corrected chi connectivity index (χ2v) is 4.32. The quantitative estimate of drug-likeness (QED) is 0.536. The SMILES string of the molecule is Clc1ccnc2c(I)c(Br)nn12. The van der Waals surface area contributed by atoms with E-state index in [0.29, 0.717) is 5.15 Å². The Bertz CT molecular complexity index is 442. The van der Waals surface area contributed by atoms with Gasteiger partial charge in [0.1, 0.15) is 9.76 Å². The number of hydrogen-bond acceptors (Lipinski definition) is 2. The molecule has 0 unspecified atom stereocenters. The first kappa shape index (κ1) is 8.71. The highest BCUT2D eigenvalue weighted by atomic mass is 127. The van der Waals surface area contributed by atoms with Gasteiger partial charge in [0.25, 0.3) is 0 Å². The molecule has 0 aromatic carbocycles. The van der Waals surface area contributed by atoms with Gasteiger partial charge in [-0.15, -0.1) is 0 Å². The van der Waals surface area contributed by atoms with Crippen LogP contribution in [0.5, 0.6) is 0 Å². The summed E-state index contributed by atoms with van der Waals surface area (Å²) in [6, 6.07) is 1.70. The number of rotatable bonds is 0. The Morgan fingerprint density at radius 3 is 3.00 bits per heavy atom. The number of nitrogens with zero attached hydrogens (tertiary/aromatic N) is 3. The van der Waals surface area contributed by atoms with E-state index in [4.69, 9.17) is 11.6 Å². The fraction of sp³-hybridized carbons (Fsp3) is 0. The zero-order chi connectivity index (χ0) is 8.72. The molecule has 0 bridgehead atoms. The van der Waals surface area contributed by atoms with Gasteiger partial charge in [0.15, 0.2) is 5.65 Å². The lowest BCUT2D eigenvalue weighted by molar-refractivity contribution is 0.928. The minimum atomic E-state index is 0.559. The summed E-state index contributed by atoms with van der Waals surface area (Å²) in [5.41, 5.74) is 0.773. The van der Waals surface area contributed by atoms with Crippen LogP contribution < -0.4 is 0 Å². The lowest BCUT2D eigenvalue weighted by Gasteiger charge is -1.92. The molecule has 0 aliphatic carbocycles. The molecule has 0 atom stereocenters. The Hall–Kier alpha value is 0.120. The minimum Gasteiger partial charge on any atom is -0.236 e. The largest absolute Gasteiger partial charge is 0.236 e. The average molecular weight is 358 g/mol. The van der Waals surface area contributed by atoms with Gasteiger partial charge < -0.3 is 0 Å². The van der Waals surface area contributed by atoms with E-state index in [1.54, 1.807) is 16.8 Å². The molecule has 0 saturated carbocycles. The second-order valence-electron chi connectivity index (χ2n) is 2.11. The second kappa shape index (κ2) is 3.12. The molecule has 0 spiro atoms. The van der Waals surface area contributed by atoms with Gasteiger partial charge in [-0.1, -0.05) is 11.6 Å². The standard InChI is InChI=1S/C6H2BrClIN3/c7-5-4(9)6-10-2-1-3(8)12(6)11-5/h1-2H. The molecule has 2 heterocycles. The van der Waals surface area contributed by atoms with E-state index >= 15 is 0 Å². The molecule has 0 amide bonds. The van der Waals surface area contributed by atoms with Gasteiger partial charge in [0, 0.05) is 6.20 Å². The third-order valence-electron chi connectivity index (χ3n) is 1.38. The number of halogens is 3. The van der Waals surface area contributed by atoms with E-state index in [0.717, 1.165) is 13.8 Å². The van der Waals surface area contributed by atoms with Crippen LogP contribution in [0.25, 0.3) is 5.65 Å². The summed E-state index contributed by atoms with van der Waals surface area (Å²) in [4.78, 5) is 4.14. The Morgan fingerprint density at radius 1 is 1.58 bits per heavy atom. The molecule has 0 saturated heterocycles. The molecular weight excluding hydrogens is 356 g/mol. The first-order valence-electron chi connectivity index (χ1n) is 3.04. The molecule has 2 aromatic heterocycles. The molecule has 0 aliphatic heterocycles. The van der Waals surface area contributed by atoms with Crippen molar-refractivity contribution in [3.63, 3.8) is 0 Å². The highest BCUT2D eigenvalue weighted by Gasteiger charge is 2.09. The van der Waals surface area contributed by atoms with E-state index in [-0.39, 0.29) is 0 Å². The number of fused-ring (bicyclic) bond motifs is 1. The summed E-state index contributed by atoms with van der Waals surface area (Å²) >= 11 is 11.3. The van der Waals surface area contributed by atoms with E-state index in [1.807, 2.05) is 0 Å². The van der Waals surface area contributed by atoms with E-state index in [2.05, 4.69) is 48.6 Å². The van der Waals surface area contributed by atoms with Gasteiger partial charge in [-0.25, -0.2) is 9.50 Å². The normalized spacial score (nSPS) is 10.9. The van der Waals surface area contributed by atoms with Crippen LogP contribution in [0.4, 0.5) is 0 Å². The fourth-order valence-electron chi connectivity index (χ4n) is 0.865. The van der Waals surface area contributed by atoms with Crippen molar-refractivity contribution in [3.05, 3.63) is 25.6 Å². The van der Waals surface area contributed by atoms with Gasteiger partial charge in [-0.2, -0.15) is 5.10 Å². The summed E-state index contributed by atoms with van der Waals surface area (Å²) in [6.45, 7) is 0. The third kappa shape index (κ3) is 1.23. The van der Waals surface area contributed by atoms with Crippen molar-refractivity contribution in [1.82, 2.24) is 14.6 Å². The molecule has 0 aliphatic rings. The molecule has 0 fully saturated rings. The topological polar surface area (TPSA) is 30.2 Å². The lowest BCUT2D eigenvalue weighted by Crippen LogP contribution is -1.90. The maximum atomic E-state index is 5.88. The molecular formula is C6H2BrClIN3. The van der Waals surface area contributed by atoms with Crippen LogP contribution in [0.3, 0.4) is 0 Å². The fourth-order valence-corrected chi connectivity index (χ4v) is 1.85. The Labute approximate surface area is 95.4 Å². The van der Waals surface area contributed by atoms with Gasteiger partial charge in [0.2, 0.25) is 0 Å². The molecule has 3 nitrogen and oxygen atoms in total. The predicted molar refractivity (Wildman–Crippen MR) is 58.4 cm³/mol. The Morgan fingerprint density at radius 2 is 2.33 bits per heavy atom. The first-order valence-corrected chi connectivity index (χ1v) is 5.29. The zero-order valence-electron chi connectivity index (χ0n) is 5.63. The molecule has 2 rings (SSSR count). The van der Waals surface area contributed by atoms with Gasteiger partial charge in [-0.3, -0.25) is 0 Å². The van der Waals surface area contributed by atoms with Crippen LogP contribution in [0, 0.1) is 3.57 Å². The van der Waals surface area contributed by atoms with Crippen molar-refractivity contribution >= 4 is 55.8 Å². The van der Waals surface area contributed by atoms with Crippen molar-refractivity contribution in [1.29, 1.82) is 0 Å². The van der Waals surface area contributed by atoms with Crippen molar-refractivity contribution in [2.45, 2.75) is 0 Å². The molecule has 62 valence electrons. The van der Waals surface area contributed by atoms with Gasteiger partial charge in [0.05, 0.1) is 3.57 Å². The van der Waals surface area contributed by atoms with Crippen molar-refractivity contribution < 1.29 is 0 Å². The van der Waals surface area contributed by atoms with Gasteiger partial charge >= 0.3 is 0 Å². The Balaban J connectivity index is 2.95. The van der Waals surface area contributed by atoms with Crippen LogP contribution in [0.2, 0.25) is 5.15 Å². The van der Waals surface area contributed by atoms with E-state index in [9.17, 15) is 0 Å². The average Bonchev–Trinajstić information content (AvgIpc) is 2.32. The Kier molecular flexibility index (Phi) is 2.26. The number of hydrogen-bond donors (Lipinski definition) is 0. The molecule has 0 radical (unpaired) electrons. The minimum absolute atomic E-state index is 0.559. The molecule has 12 heavy (non-hydrogen) atoms. The van der Waals surface area contributed by atoms with Crippen LogP contribution in [0.1, 0.15) is 0 Å². The van der Waals surface area contributed by atoms with Crippen molar-refractivity contribution in [2.24, 2.45) is 0 Å². The van der Waals surface area contributed by atoms with E-state index in [1.165, 1.54) is 0 Å². The highest BCUT2D eigenvalue weighted by Crippen LogP contribution is 2.23. The summed E-state index contributed by atoms with van der Waals surface area (Å²) in [5.74, 6) is 0.